The number of amides is 2. The second kappa shape index (κ2) is 6.37. The first-order valence-electron chi connectivity index (χ1n) is 7.72. The van der Waals surface area contributed by atoms with Gasteiger partial charge in [0.2, 0.25) is 0 Å². The van der Waals surface area contributed by atoms with Gasteiger partial charge in [-0.05, 0) is 48.5 Å². The Labute approximate surface area is 137 Å². The van der Waals surface area contributed by atoms with Gasteiger partial charge in [-0.3, -0.25) is 4.90 Å². The van der Waals surface area contributed by atoms with E-state index in [1.54, 1.807) is 48.5 Å². The van der Waals surface area contributed by atoms with Crippen molar-refractivity contribution in [3.05, 3.63) is 0 Å². The van der Waals surface area contributed by atoms with E-state index in [9.17, 15) is 14.4 Å². The number of aldehydes is 1. The quantitative estimate of drug-likeness (QED) is 0.691. The number of hydrogen-bond acceptors (Lipinski definition) is 5. The molecule has 7 nitrogen and oxygen atoms in total. The molecule has 0 bridgehead atoms. The van der Waals surface area contributed by atoms with Crippen molar-refractivity contribution in [1.29, 1.82) is 0 Å². The van der Waals surface area contributed by atoms with E-state index in [1.165, 1.54) is 9.80 Å². The molecular formula is C16H28N2O5. The number of carbonyl (C=O) groups excluding carboxylic acids is 3. The van der Waals surface area contributed by atoms with Crippen LogP contribution in [0.1, 0.15) is 48.5 Å². The van der Waals surface area contributed by atoms with Gasteiger partial charge in [-0.1, -0.05) is 0 Å². The van der Waals surface area contributed by atoms with Crippen LogP contribution in [-0.2, 0) is 14.3 Å². The molecule has 1 heterocycles. The maximum Gasteiger partial charge on any atom is 0.411 e. The number of rotatable bonds is 1. The van der Waals surface area contributed by atoms with E-state index >= 15 is 0 Å². The molecule has 0 aromatic rings. The Bertz CT molecular complexity index is 478. The Hall–Kier alpha value is -1.79. The maximum atomic E-state index is 12.3. The van der Waals surface area contributed by atoms with Gasteiger partial charge in [-0.2, -0.15) is 0 Å². The third-order valence-corrected chi connectivity index (χ3v) is 3.24. The lowest BCUT2D eigenvalue weighted by atomic mass is 9.99. The fourth-order valence-electron chi connectivity index (χ4n) is 2.23. The highest BCUT2D eigenvalue weighted by Gasteiger charge is 2.44. The highest BCUT2D eigenvalue weighted by Crippen LogP contribution is 2.24. The van der Waals surface area contributed by atoms with Crippen LogP contribution in [0.25, 0.3) is 0 Å². The predicted molar refractivity (Wildman–Crippen MR) is 85.2 cm³/mol. The highest BCUT2D eigenvalue weighted by molar-refractivity contribution is 5.79. The van der Waals surface area contributed by atoms with Gasteiger partial charge in [0.15, 0.2) is 0 Å². The van der Waals surface area contributed by atoms with Gasteiger partial charge < -0.3 is 19.2 Å². The van der Waals surface area contributed by atoms with Gasteiger partial charge in [0, 0.05) is 13.1 Å². The summed E-state index contributed by atoms with van der Waals surface area (Å²) in [4.78, 5) is 38.9. The third-order valence-electron chi connectivity index (χ3n) is 3.24. The zero-order valence-corrected chi connectivity index (χ0v) is 15.1. The molecule has 23 heavy (non-hydrogen) atoms. The van der Waals surface area contributed by atoms with Gasteiger partial charge in [0.25, 0.3) is 0 Å². The highest BCUT2D eigenvalue weighted by atomic mass is 16.6. The summed E-state index contributed by atoms with van der Waals surface area (Å²) in [6.45, 7) is 12.8. The van der Waals surface area contributed by atoms with E-state index < -0.39 is 28.9 Å². The van der Waals surface area contributed by atoms with Crippen LogP contribution in [0.4, 0.5) is 9.59 Å². The van der Waals surface area contributed by atoms with Gasteiger partial charge in [-0.25, -0.2) is 9.59 Å². The Balaban J connectivity index is 2.85. The topological polar surface area (TPSA) is 76.2 Å². The van der Waals surface area contributed by atoms with Crippen LogP contribution < -0.4 is 0 Å². The van der Waals surface area contributed by atoms with E-state index in [4.69, 9.17) is 9.47 Å². The molecule has 1 fully saturated rings. The standard InChI is InChI=1S/C16H28N2O5/c1-14(2,3)22-12(20)17-8-9-18(16(7,10-17)11-19)13(21)23-15(4,5)6/h11H,8-10H2,1-7H3. The van der Waals surface area contributed by atoms with Crippen molar-refractivity contribution in [1.82, 2.24) is 9.80 Å². The summed E-state index contributed by atoms with van der Waals surface area (Å²) in [5.74, 6) is 0. The van der Waals surface area contributed by atoms with Crippen LogP contribution in [-0.4, -0.2) is 64.6 Å². The van der Waals surface area contributed by atoms with Crippen LogP contribution in [0.2, 0.25) is 0 Å². The van der Waals surface area contributed by atoms with Crippen molar-refractivity contribution in [2.24, 2.45) is 0 Å². The second-order valence-electron chi connectivity index (χ2n) is 8.01. The molecular weight excluding hydrogens is 300 g/mol. The van der Waals surface area contributed by atoms with Crippen molar-refractivity contribution in [3.8, 4) is 0 Å². The Morgan fingerprint density at radius 3 is 1.87 bits per heavy atom. The van der Waals surface area contributed by atoms with Crippen molar-refractivity contribution in [2.45, 2.75) is 65.2 Å². The molecule has 0 radical (unpaired) electrons. The minimum atomic E-state index is -1.14. The van der Waals surface area contributed by atoms with Crippen LogP contribution in [0, 0.1) is 0 Å². The van der Waals surface area contributed by atoms with Crippen molar-refractivity contribution in [3.63, 3.8) is 0 Å². The van der Waals surface area contributed by atoms with E-state index in [0.717, 1.165) is 0 Å². The Kier molecular flexibility index (Phi) is 5.34. The molecule has 1 unspecified atom stereocenters. The molecule has 0 aromatic heterocycles. The minimum Gasteiger partial charge on any atom is -0.444 e. The lowest BCUT2D eigenvalue weighted by Gasteiger charge is -2.45. The summed E-state index contributed by atoms with van der Waals surface area (Å²) >= 11 is 0. The average molecular weight is 328 g/mol. The van der Waals surface area contributed by atoms with Gasteiger partial charge >= 0.3 is 12.2 Å². The van der Waals surface area contributed by atoms with E-state index in [-0.39, 0.29) is 19.6 Å². The molecule has 2 amide bonds. The molecule has 0 aliphatic carbocycles. The van der Waals surface area contributed by atoms with Crippen molar-refractivity contribution >= 4 is 18.5 Å². The molecule has 0 saturated carbocycles. The molecule has 1 saturated heterocycles. The number of hydrogen-bond donors (Lipinski definition) is 0. The molecule has 0 spiro atoms. The monoisotopic (exact) mass is 328 g/mol. The summed E-state index contributed by atoms with van der Waals surface area (Å²) < 4.78 is 10.7. The van der Waals surface area contributed by atoms with Gasteiger partial charge in [0.05, 0.1) is 6.54 Å². The number of nitrogens with zero attached hydrogens (tertiary/aromatic N) is 2. The SMILES string of the molecule is CC(C)(C)OC(=O)N1CCN(C(=O)OC(C)(C)C)C(C)(C=O)C1. The van der Waals surface area contributed by atoms with E-state index in [0.29, 0.717) is 6.29 Å². The predicted octanol–water partition coefficient (Wildman–Crippen LogP) is 2.43. The fourth-order valence-corrected chi connectivity index (χ4v) is 2.23. The van der Waals surface area contributed by atoms with E-state index in [1.807, 2.05) is 0 Å². The molecule has 0 aromatic carbocycles. The maximum absolute atomic E-state index is 12.3. The normalized spacial score (nSPS) is 22.6. The van der Waals surface area contributed by atoms with Gasteiger partial charge in [0.1, 0.15) is 23.0 Å². The van der Waals surface area contributed by atoms with Crippen LogP contribution in [0.15, 0.2) is 0 Å². The smallest absolute Gasteiger partial charge is 0.411 e. The molecule has 132 valence electrons. The number of piperazine rings is 1. The Morgan fingerprint density at radius 1 is 0.957 bits per heavy atom. The van der Waals surface area contributed by atoms with E-state index in [2.05, 4.69) is 0 Å². The molecule has 0 N–H and O–H groups in total. The first kappa shape index (κ1) is 19.3. The minimum absolute atomic E-state index is 0.0741. The zero-order valence-electron chi connectivity index (χ0n) is 15.1. The van der Waals surface area contributed by atoms with Crippen molar-refractivity contribution < 1.29 is 23.9 Å². The lowest BCUT2D eigenvalue weighted by molar-refractivity contribution is -0.121. The second-order valence-corrected chi connectivity index (χ2v) is 8.01. The third kappa shape index (κ3) is 5.41. The summed E-state index contributed by atoms with van der Waals surface area (Å²) in [5.41, 5.74) is -2.41. The first-order valence-corrected chi connectivity index (χ1v) is 7.72. The lowest BCUT2D eigenvalue weighted by Crippen LogP contribution is -2.65. The Morgan fingerprint density at radius 2 is 1.43 bits per heavy atom. The average Bonchev–Trinajstić information content (AvgIpc) is 2.34. The summed E-state index contributed by atoms with van der Waals surface area (Å²) in [5, 5.41) is 0. The molecule has 7 heteroatoms. The van der Waals surface area contributed by atoms with Crippen molar-refractivity contribution in [2.75, 3.05) is 19.6 Å². The molecule has 1 rings (SSSR count). The summed E-state index contributed by atoms with van der Waals surface area (Å²) in [6.07, 6.45) is -0.377. The summed E-state index contributed by atoms with van der Waals surface area (Å²) in [6, 6.07) is 0. The van der Waals surface area contributed by atoms with Crippen LogP contribution in [0.3, 0.4) is 0 Å². The molecule has 1 aliphatic rings. The van der Waals surface area contributed by atoms with Gasteiger partial charge in [-0.15, -0.1) is 0 Å². The largest absolute Gasteiger partial charge is 0.444 e. The number of carbonyl (C=O) groups is 3. The zero-order chi connectivity index (χ0) is 18.1. The molecule has 1 atom stereocenters. The van der Waals surface area contributed by atoms with Crippen LogP contribution >= 0.6 is 0 Å². The molecule has 1 aliphatic heterocycles. The van der Waals surface area contributed by atoms with Crippen LogP contribution in [0.5, 0.6) is 0 Å². The fraction of sp³-hybridized carbons (Fsp3) is 0.812. The first-order chi connectivity index (χ1) is 10.3. The number of ether oxygens (including phenoxy) is 2. The summed E-state index contributed by atoms with van der Waals surface area (Å²) in [7, 11) is 0.